The topological polar surface area (TPSA) is 137 Å². The highest BCUT2D eigenvalue weighted by molar-refractivity contribution is 5.99. The van der Waals surface area contributed by atoms with Crippen molar-refractivity contribution in [1.29, 1.82) is 0 Å². The Morgan fingerprint density at radius 3 is 1.68 bits per heavy atom. The van der Waals surface area contributed by atoms with Gasteiger partial charge in [-0.15, -0.1) is 0 Å². The van der Waals surface area contributed by atoms with Crippen LogP contribution in [0.25, 0.3) is 0 Å². The summed E-state index contributed by atoms with van der Waals surface area (Å²) in [6, 6.07) is 28.0. The van der Waals surface area contributed by atoms with E-state index < -0.39 is 22.9 Å². The number of hydrogen-bond acceptors (Lipinski definition) is 7. The molecule has 0 spiro atoms. The van der Waals surface area contributed by atoms with Gasteiger partial charge in [-0.3, -0.25) is 10.1 Å². The average Bonchev–Trinajstić information content (AvgIpc) is 2.99. The zero-order valence-corrected chi connectivity index (χ0v) is 21.9. The molecule has 10 nitrogen and oxygen atoms in total. The number of amides is 2. The smallest absolute Gasteiger partial charge is 0.338 e. The maximum atomic E-state index is 12.9. The number of nitro benzene ring substituents is 1. The molecule has 0 atom stereocenters. The minimum Gasteiger partial charge on any atom is -0.457 e. The van der Waals surface area contributed by atoms with Crippen LogP contribution in [-0.2, 0) is 29.1 Å². The molecule has 0 aliphatic rings. The standard InChI is InChI=1S/C31H27N3O7/c35-29(40-20-23-7-3-1-4-8-23)25-17-26(30(36)41-21-24-9-5-2-6-10-24)19-27(18-25)33-31(37)32-16-15-22-11-13-28(14-12-22)34(38)39/h1-14,17-19H,15-16,20-21H2,(H2,32,33,37). The maximum Gasteiger partial charge on any atom is 0.338 e. The number of nitrogens with one attached hydrogen (secondary N) is 2. The third kappa shape index (κ3) is 8.75. The SMILES string of the molecule is O=C(NCCc1ccc([N+](=O)[O-])cc1)Nc1cc(C(=O)OCc2ccccc2)cc(C(=O)OCc2ccccc2)c1. The lowest BCUT2D eigenvalue weighted by molar-refractivity contribution is -0.384. The molecule has 2 N–H and O–H groups in total. The van der Waals surface area contributed by atoms with E-state index in [1.165, 1.54) is 30.3 Å². The van der Waals surface area contributed by atoms with Crippen LogP contribution >= 0.6 is 0 Å². The quantitative estimate of drug-likeness (QED) is 0.139. The van der Waals surface area contributed by atoms with Crippen LogP contribution in [0, 0.1) is 10.1 Å². The van der Waals surface area contributed by atoms with Gasteiger partial charge in [0.2, 0.25) is 0 Å². The van der Waals surface area contributed by atoms with E-state index in [0.717, 1.165) is 16.7 Å². The Kier molecular flexibility index (Phi) is 9.76. The van der Waals surface area contributed by atoms with Crippen molar-refractivity contribution in [1.82, 2.24) is 5.32 Å². The number of rotatable bonds is 11. The molecule has 0 heterocycles. The summed E-state index contributed by atoms with van der Waals surface area (Å²) in [5.74, 6) is -1.35. The fraction of sp³-hybridized carbons (Fsp3) is 0.129. The highest BCUT2D eigenvalue weighted by atomic mass is 16.6. The molecule has 0 aromatic heterocycles. The number of anilines is 1. The second-order valence-electron chi connectivity index (χ2n) is 8.98. The first-order valence-corrected chi connectivity index (χ1v) is 12.7. The molecule has 0 radical (unpaired) electrons. The molecule has 0 bridgehead atoms. The number of ether oxygens (including phenoxy) is 2. The van der Waals surface area contributed by atoms with Crippen molar-refractivity contribution in [3.05, 3.63) is 141 Å². The summed E-state index contributed by atoms with van der Waals surface area (Å²) in [6.07, 6.45) is 0.439. The van der Waals surface area contributed by atoms with Gasteiger partial charge in [0.1, 0.15) is 13.2 Å². The van der Waals surface area contributed by atoms with Crippen LogP contribution in [0.3, 0.4) is 0 Å². The van der Waals surface area contributed by atoms with Crippen LogP contribution < -0.4 is 10.6 Å². The molecule has 2 amide bonds. The molecule has 4 aromatic carbocycles. The molecule has 0 aliphatic carbocycles. The molecule has 41 heavy (non-hydrogen) atoms. The van der Waals surface area contributed by atoms with Gasteiger partial charge in [-0.2, -0.15) is 0 Å². The first-order valence-electron chi connectivity index (χ1n) is 12.7. The Morgan fingerprint density at radius 1 is 0.683 bits per heavy atom. The van der Waals surface area contributed by atoms with Gasteiger partial charge in [-0.1, -0.05) is 72.8 Å². The van der Waals surface area contributed by atoms with E-state index in [4.69, 9.17) is 9.47 Å². The first-order chi connectivity index (χ1) is 19.9. The Bertz CT molecular complexity index is 1430. The van der Waals surface area contributed by atoms with Gasteiger partial charge in [0.15, 0.2) is 0 Å². The number of non-ortho nitro benzene ring substituents is 1. The lowest BCUT2D eigenvalue weighted by Gasteiger charge is -2.12. The third-order valence-electron chi connectivity index (χ3n) is 5.93. The minimum atomic E-state index is -0.673. The Labute approximate surface area is 236 Å². The molecule has 10 heteroatoms. The Morgan fingerprint density at radius 2 is 1.20 bits per heavy atom. The second kappa shape index (κ2) is 14.0. The van der Waals surface area contributed by atoms with E-state index in [0.29, 0.717) is 6.42 Å². The molecule has 0 aliphatic heterocycles. The number of nitro groups is 1. The molecule has 208 valence electrons. The monoisotopic (exact) mass is 553 g/mol. The molecular weight excluding hydrogens is 526 g/mol. The van der Waals surface area contributed by atoms with Crippen LogP contribution in [0.1, 0.15) is 37.4 Å². The van der Waals surface area contributed by atoms with Gasteiger partial charge in [0, 0.05) is 24.4 Å². The third-order valence-corrected chi connectivity index (χ3v) is 5.93. The fourth-order valence-electron chi connectivity index (χ4n) is 3.83. The predicted octanol–water partition coefficient (Wildman–Crippen LogP) is 5.67. The minimum absolute atomic E-state index is 0.0141. The number of carbonyl (C=O) groups excluding carboxylic acids is 3. The van der Waals surface area contributed by atoms with Crippen molar-refractivity contribution < 1.29 is 28.8 Å². The van der Waals surface area contributed by atoms with Crippen LogP contribution in [0.2, 0.25) is 0 Å². The predicted molar refractivity (Wildman–Crippen MR) is 151 cm³/mol. The summed E-state index contributed by atoms with van der Waals surface area (Å²) in [6.45, 7) is 0.316. The van der Waals surface area contributed by atoms with Crippen molar-refractivity contribution in [2.45, 2.75) is 19.6 Å². The van der Waals surface area contributed by atoms with Crippen molar-refractivity contribution in [3.8, 4) is 0 Å². The van der Waals surface area contributed by atoms with Gasteiger partial charge in [0.05, 0.1) is 16.1 Å². The molecule has 4 rings (SSSR count). The summed E-state index contributed by atoms with van der Waals surface area (Å²) in [7, 11) is 0. The number of nitrogens with zero attached hydrogens (tertiary/aromatic N) is 1. The summed E-state index contributed by atoms with van der Waals surface area (Å²) in [4.78, 5) is 48.6. The van der Waals surface area contributed by atoms with E-state index in [9.17, 15) is 24.5 Å². The summed E-state index contributed by atoms with van der Waals surface area (Å²) in [5, 5.41) is 16.1. The van der Waals surface area contributed by atoms with E-state index in [2.05, 4.69) is 10.6 Å². The van der Waals surface area contributed by atoms with Gasteiger partial charge in [-0.05, 0) is 41.3 Å². The Balaban J connectivity index is 1.42. The first kappa shape index (κ1) is 28.5. The number of esters is 2. The zero-order chi connectivity index (χ0) is 29.0. The lowest BCUT2D eigenvalue weighted by atomic mass is 10.1. The molecule has 0 unspecified atom stereocenters. The van der Waals surface area contributed by atoms with Gasteiger partial charge < -0.3 is 20.1 Å². The largest absolute Gasteiger partial charge is 0.457 e. The molecule has 0 saturated carbocycles. The second-order valence-corrected chi connectivity index (χ2v) is 8.98. The Hall–Kier alpha value is -5.51. The number of carbonyl (C=O) groups is 3. The zero-order valence-electron chi connectivity index (χ0n) is 21.9. The van der Waals surface area contributed by atoms with E-state index in [-0.39, 0.29) is 42.3 Å². The highest BCUT2D eigenvalue weighted by Gasteiger charge is 2.17. The normalized spacial score (nSPS) is 10.3. The molecule has 0 fully saturated rings. The summed E-state index contributed by atoms with van der Waals surface area (Å²) < 4.78 is 10.8. The van der Waals surface area contributed by atoms with E-state index in [1.54, 1.807) is 12.1 Å². The fourth-order valence-corrected chi connectivity index (χ4v) is 3.83. The summed E-state index contributed by atoms with van der Waals surface area (Å²) in [5.41, 5.74) is 2.71. The van der Waals surface area contributed by atoms with Crippen LogP contribution in [0.5, 0.6) is 0 Å². The van der Waals surface area contributed by atoms with Gasteiger partial charge in [0.25, 0.3) is 5.69 Å². The molecule has 4 aromatic rings. The van der Waals surface area contributed by atoms with Crippen LogP contribution in [0.4, 0.5) is 16.2 Å². The summed E-state index contributed by atoms with van der Waals surface area (Å²) >= 11 is 0. The number of urea groups is 1. The van der Waals surface area contributed by atoms with E-state index in [1.807, 2.05) is 60.7 Å². The average molecular weight is 554 g/mol. The molecule has 0 saturated heterocycles. The van der Waals surface area contributed by atoms with Crippen molar-refractivity contribution in [3.63, 3.8) is 0 Å². The van der Waals surface area contributed by atoms with E-state index >= 15 is 0 Å². The number of hydrogen-bond donors (Lipinski definition) is 2. The van der Waals surface area contributed by atoms with Gasteiger partial charge in [-0.25, -0.2) is 14.4 Å². The van der Waals surface area contributed by atoms with Gasteiger partial charge >= 0.3 is 18.0 Å². The highest BCUT2D eigenvalue weighted by Crippen LogP contribution is 2.19. The lowest BCUT2D eigenvalue weighted by Crippen LogP contribution is -2.30. The van der Waals surface area contributed by atoms with Crippen molar-refractivity contribution >= 4 is 29.3 Å². The molecular formula is C31H27N3O7. The van der Waals surface area contributed by atoms with Crippen LogP contribution in [0.15, 0.2) is 103 Å². The number of benzene rings is 4. The van der Waals surface area contributed by atoms with Crippen molar-refractivity contribution in [2.75, 3.05) is 11.9 Å². The van der Waals surface area contributed by atoms with Crippen LogP contribution in [-0.4, -0.2) is 29.4 Å². The maximum absolute atomic E-state index is 12.9. The van der Waals surface area contributed by atoms with Crippen molar-refractivity contribution in [2.24, 2.45) is 0 Å².